The fourth-order valence-electron chi connectivity index (χ4n) is 2.59. The summed E-state index contributed by atoms with van der Waals surface area (Å²) < 4.78 is 10.2. The summed E-state index contributed by atoms with van der Waals surface area (Å²) in [7, 11) is 0. The second kappa shape index (κ2) is 9.32. The Morgan fingerprint density at radius 3 is 2.50 bits per heavy atom. The minimum atomic E-state index is -0.390. The molecule has 0 spiro atoms. The average molecular weight is 376 g/mol. The molecule has 0 saturated carbocycles. The van der Waals surface area contributed by atoms with Gasteiger partial charge in [-0.1, -0.05) is 0 Å². The Labute approximate surface area is 163 Å². The first-order chi connectivity index (χ1) is 13.7. The Bertz CT molecular complexity index is 932. The van der Waals surface area contributed by atoms with Gasteiger partial charge in [0.1, 0.15) is 5.76 Å². The van der Waals surface area contributed by atoms with Crippen molar-refractivity contribution in [2.75, 3.05) is 11.5 Å². The number of ether oxygens (including phenoxy) is 1. The molecule has 3 aromatic rings. The van der Waals surface area contributed by atoms with Gasteiger partial charge in [-0.15, -0.1) is 0 Å². The lowest BCUT2D eigenvalue weighted by Gasteiger charge is -2.22. The average Bonchev–Trinajstić information content (AvgIpc) is 3.25. The quantitative estimate of drug-likeness (QED) is 0.459. The lowest BCUT2D eigenvalue weighted by atomic mass is 10.1. The lowest BCUT2D eigenvalue weighted by Crippen LogP contribution is -2.28. The van der Waals surface area contributed by atoms with Crippen LogP contribution in [0.3, 0.4) is 0 Å². The topological polar surface area (TPSA) is 72.6 Å². The molecular weight excluding hydrogens is 356 g/mol. The van der Waals surface area contributed by atoms with Crippen LogP contribution in [-0.2, 0) is 16.1 Å². The highest BCUT2D eigenvalue weighted by atomic mass is 16.5. The van der Waals surface area contributed by atoms with E-state index in [-0.39, 0.29) is 5.91 Å². The molecule has 142 valence electrons. The van der Waals surface area contributed by atoms with Crippen molar-refractivity contribution in [2.24, 2.45) is 0 Å². The van der Waals surface area contributed by atoms with Crippen LogP contribution in [-0.4, -0.2) is 23.5 Å². The number of benzene rings is 1. The highest BCUT2D eigenvalue weighted by molar-refractivity contribution is 6.03. The van der Waals surface area contributed by atoms with E-state index in [9.17, 15) is 9.59 Å². The number of nitrogens with zero attached hydrogens (tertiary/aromatic N) is 2. The number of furan rings is 1. The molecule has 0 aliphatic heterocycles. The zero-order valence-corrected chi connectivity index (χ0v) is 15.4. The van der Waals surface area contributed by atoms with Gasteiger partial charge in [0.25, 0.3) is 5.91 Å². The molecule has 0 bridgehead atoms. The SMILES string of the molecule is CCOC(=O)c1ccc(N(Cc2ccncc2)C(=O)/C=C/c2ccco2)cc1. The van der Waals surface area contributed by atoms with Crippen molar-refractivity contribution in [3.05, 3.63) is 90.2 Å². The predicted octanol–water partition coefficient (Wildman–Crippen LogP) is 4.10. The molecule has 0 fully saturated rings. The lowest BCUT2D eigenvalue weighted by molar-refractivity contribution is -0.114. The Hall–Kier alpha value is -3.67. The largest absolute Gasteiger partial charge is 0.465 e. The fraction of sp³-hybridized carbons (Fsp3) is 0.136. The van der Waals surface area contributed by atoms with Gasteiger partial charge in [-0.25, -0.2) is 4.79 Å². The van der Waals surface area contributed by atoms with E-state index in [0.29, 0.717) is 30.2 Å². The summed E-state index contributed by atoms with van der Waals surface area (Å²) >= 11 is 0. The summed E-state index contributed by atoms with van der Waals surface area (Å²) in [6, 6.07) is 14.0. The number of hydrogen-bond acceptors (Lipinski definition) is 5. The third kappa shape index (κ3) is 4.94. The minimum absolute atomic E-state index is 0.211. The smallest absolute Gasteiger partial charge is 0.338 e. The van der Waals surface area contributed by atoms with Crippen LogP contribution in [0.2, 0.25) is 0 Å². The standard InChI is InChI=1S/C22H20N2O4/c1-2-27-22(26)18-5-7-19(8-6-18)24(16-17-11-13-23-14-12-17)21(25)10-9-20-4-3-15-28-20/h3-15H,2,16H2,1H3/b10-9+. The van der Waals surface area contributed by atoms with Crippen LogP contribution < -0.4 is 4.90 Å². The number of hydrogen-bond donors (Lipinski definition) is 0. The number of amides is 1. The Morgan fingerprint density at radius 1 is 1.11 bits per heavy atom. The maximum Gasteiger partial charge on any atom is 0.338 e. The first-order valence-corrected chi connectivity index (χ1v) is 8.86. The first-order valence-electron chi connectivity index (χ1n) is 8.86. The van der Waals surface area contributed by atoms with Gasteiger partial charge >= 0.3 is 5.97 Å². The predicted molar refractivity (Wildman–Crippen MR) is 106 cm³/mol. The van der Waals surface area contributed by atoms with Gasteiger partial charge in [-0.3, -0.25) is 9.78 Å². The van der Waals surface area contributed by atoms with Crippen LogP contribution in [0.5, 0.6) is 0 Å². The zero-order chi connectivity index (χ0) is 19.8. The third-order valence-electron chi connectivity index (χ3n) is 3.98. The van der Waals surface area contributed by atoms with Crippen molar-refractivity contribution in [3.63, 3.8) is 0 Å². The molecule has 1 amide bonds. The van der Waals surface area contributed by atoms with Crippen LogP contribution in [0.4, 0.5) is 5.69 Å². The van der Waals surface area contributed by atoms with Crippen molar-refractivity contribution < 1.29 is 18.7 Å². The minimum Gasteiger partial charge on any atom is -0.465 e. The zero-order valence-electron chi connectivity index (χ0n) is 15.4. The molecule has 0 atom stereocenters. The molecule has 2 aromatic heterocycles. The van der Waals surface area contributed by atoms with E-state index in [1.807, 2.05) is 12.1 Å². The van der Waals surface area contributed by atoms with Gasteiger partial charge in [0, 0.05) is 24.2 Å². The molecule has 6 heteroatoms. The fourth-order valence-corrected chi connectivity index (χ4v) is 2.59. The molecule has 1 aromatic carbocycles. The van der Waals surface area contributed by atoms with Crippen LogP contribution in [0, 0.1) is 0 Å². The van der Waals surface area contributed by atoms with Crippen molar-refractivity contribution in [1.82, 2.24) is 4.98 Å². The molecule has 0 aliphatic rings. The highest BCUT2D eigenvalue weighted by Crippen LogP contribution is 2.20. The summed E-state index contributed by atoms with van der Waals surface area (Å²) in [4.78, 5) is 30.3. The second-order valence-corrected chi connectivity index (χ2v) is 5.90. The molecule has 3 rings (SSSR count). The number of rotatable bonds is 7. The maximum absolute atomic E-state index is 12.9. The number of esters is 1. The van der Waals surface area contributed by atoms with Crippen molar-refractivity contribution >= 4 is 23.6 Å². The first kappa shape index (κ1) is 19.1. The summed E-state index contributed by atoms with van der Waals surface area (Å²) in [6.07, 6.45) is 7.99. The molecule has 0 unspecified atom stereocenters. The maximum atomic E-state index is 12.9. The van der Waals surface area contributed by atoms with Crippen LogP contribution in [0.1, 0.15) is 28.6 Å². The summed E-state index contributed by atoms with van der Waals surface area (Å²) in [5.41, 5.74) is 2.04. The van der Waals surface area contributed by atoms with Gasteiger partial charge in [-0.05, 0) is 67.1 Å². The molecule has 0 N–H and O–H groups in total. The molecule has 0 radical (unpaired) electrons. The van der Waals surface area contributed by atoms with Crippen molar-refractivity contribution in [3.8, 4) is 0 Å². The number of carbonyl (C=O) groups excluding carboxylic acids is 2. The molecule has 28 heavy (non-hydrogen) atoms. The molecule has 2 heterocycles. The Morgan fingerprint density at radius 2 is 1.86 bits per heavy atom. The van der Waals surface area contributed by atoms with E-state index in [4.69, 9.17) is 9.15 Å². The summed E-state index contributed by atoms with van der Waals surface area (Å²) in [6.45, 7) is 2.43. The number of aromatic nitrogens is 1. The van der Waals surface area contributed by atoms with E-state index < -0.39 is 5.97 Å². The van der Waals surface area contributed by atoms with Gasteiger partial charge in [-0.2, -0.15) is 0 Å². The van der Waals surface area contributed by atoms with Crippen LogP contribution >= 0.6 is 0 Å². The van der Waals surface area contributed by atoms with E-state index in [1.165, 1.54) is 6.08 Å². The highest BCUT2D eigenvalue weighted by Gasteiger charge is 2.15. The van der Waals surface area contributed by atoms with Gasteiger partial charge in [0.15, 0.2) is 0 Å². The van der Waals surface area contributed by atoms with E-state index in [1.54, 1.807) is 73.0 Å². The van der Waals surface area contributed by atoms with Gasteiger partial charge < -0.3 is 14.1 Å². The Kier molecular flexibility index (Phi) is 6.36. The summed E-state index contributed by atoms with van der Waals surface area (Å²) in [5.74, 6) is -0.00857. The Balaban J connectivity index is 1.85. The van der Waals surface area contributed by atoms with Gasteiger partial charge in [0.2, 0.25) is 0 Å². The van der Waals surface area contributed by atoms with E-state index >= 15 is 0 Å². The molecular formula is C22H20N2O4. The number of carbonyl (C=O) groups is 2. The van der Waals surface area contributed by atoms with E-state index in [0.717, 1.165) is 5.56 Å². The van der Waals surface area contributed by atoms with Crippen LogP contribution in [0.25, 0.3) is 6.08 Å². The number of pyridine rings is 1. The number of anilines is 1. The third-order valence-corrected chi connectivity index (χ3v) is 3.98. The summed E-state index contributed by atoms with van der Waals surface area (Å²) in [5, 5.41) is 0. The molecule has 0 aliphatic carbocycles. The van der Waals surface area contributed by atoms with Crippen molar-refractivity contribution in [2.45, 2.75) is 13.5 Å². The van der Waals surface area contributed by atoms with Crippen molar-refractivity contribution in [1.29, 1.82) is 0 Å². The second-order valence-electron chi connectivity index (χ2n) is 5.90. The van der Waals surface area contributed by atoms with Crippen LogP contribution in [0.15, 0.2) is 77.7 Å². The normalized spacial score (nSPS) is 10.8. The van der Waals surface area contributed by atoms with Gasteiger partial charge in [0.05, 0.1) is 25.0 Å². The molecule has 6 nitrogen and oxygen atoms in total. The monoisotopic (exact) mass is 376 g/mol. The molecule has 0 saturated heterocycles. The van der Waals surface area contributed by atoms with E-state index in [2.05, 4.69) is 4.98 Å².